The lowest BCUT2D eigenvalue weighted by Crippen LogP contribution is -2.19. The highest BCUT2D eigenvalue weighted by atomic mass is 19.4. The molecule has 0 radical (unpaired) electrons. The molecule has 2 nitrogen and oxygen atoms in total. The largest absolute Gasteiger partial charge is 0.573 e. The van der Waals surface area contributed by atoms with Crippen molar-refractivity contribution in [3.05, 3.63) is 36.4 Å². The van der Waals surface area contributed by atoms with Gasteiger partial charge in [-0.15, -0.1) is 32.9 Å². The Kier molecular flexibility index (Phi) is 4.57. The second-order valence-electron chi connectivity index (χ2n) is 3.86. The van der Waals surface area contributed by atoms with Crippen LogP contribution in [0, 0.1) is 0 Å². The lowest BCUT2D eigenvalue weighted by atomic mass is 10.0. The molecule has 0 aromatic heterocycles. The summed E-state index contributed by atoms with van der Waals surface area (Å²) in [7, 11) is 0. The summed E-state index contributed by atoms with van der Waals surface area (Å²) in [6.07, 6.45) is -8.65. The zero-order chi connectivity index (χ0) is 15.6. The van der Waals surface area contributed by atoms with Crippen LogP contribution in [0.4, 0.5) is 26.3 Å². The normalized spacial score (nSPS) is 13.8. The van der Waals surface area contributed by atoms with E-state index in [1.54, 1.807) is 6.92 Å². The topological polar surface area (TPSA) is 18.5 Å². The first kappa shape index (κ1) is 16.2. The third-order valence-corrected chi connectivity index (χ3v) is 2.25. The van der Waals surface area contributed by atoms with Crippen molar-refractivity contribution in [2.45, 2.75) is 25.6 Å². The Balaban J connectivity index is 3.17. The van der Waals surface area contributed by atoms with E-state index in [1.165, 1.54) is 6.08 Å². The van der Waals surface area contributed by atoms with E-state index < -0.39 is 30.1 Å². The molecule has 112 valence electrons. The zero-order valence-corrected chi connectivity index (χ0v) is 10.2. The highest BCUT2D eigenvalue weighted by molar-refractivity contribution is 5.41. The van der Waals surface area contributed by atoms with Gasteiger partial charge in [0.15, 0.2) is 0 Å². The summed E-state index contributed by atoms with van der Waals surface area (Å²) in [6, 6.07) is 2.46. The molecule has 0 aliphatic rings. The Morgan fingerprint density at radius 2 is 1.35 bits per heavy atom. The molecule has 0 aliphatic heterocycles. The van der Waals surface area contributed by atoms with E-state index in [-0.39, 0.29) is 5.56 Å². The number of rotatable bonds is 4. The smallest absolute Gasteiger partial charge is 0.406 e. The summed E-state index contributed by atoms with van der Waals surface area (Å²) in [5.41, 5.74) is 0.154. The number of halogens is 6. The summed E-state index contributed by atoms with van der Waals surface area (Å²) < 4.78 is 79.9. The maximum absolute atomic E-state index is 12.1. The van der Waals surface area contributed by atoms with E-state index in [9.17, 15) is 26.3 Å². The van der Waals surface area contributed by atoms with E-state index in [2.05, 4.69) is 16.1 Å². The molecule has 1 aromatic carbocycles. The third kappa shape index (κ3) is 5.41. The van der Waals surface area contributed by atoms with Gasteiger partial charge in [-0.05, 0) is 23.6 Å². The molecule has 0 N–H and O–H groups in total. The quantitative estimate of drug-likeness (QED) is 0.589. The molecule has 0 saturated carbocycles. The molecule has 1 rings (SSSR count). The Morgan fingerprint density at radius 1 is 0.950 bits per heavy atom. The summed E-state index contributed by atoms with van der Waals surface area (Å²) in [6.45, 7) is 4.97. The van der Waals surface area contributed by atoms with Crippen LogP contribution in [-0.4, -0.2) is 12.7 Å². The van der Waals surface area contributed by atoms with Crippen molar-refractivity contribution in [3.8, 4) is 11.5 Å². The van der Waals surface area contributed by atoms with Crippen molar-refractivity contribution < 1.29 is 35.8 Å². The van der Waals surface area contributed by atoms with Crippen LogP contribution in [0.1, 0.15) is 18.4 Å². The van der Waals surface area contributed by atoms with E-state index in [1.807, 2.05) is 0 Å². The number of hydrogen-bond acceptors (Lipinski definition) is 2. The van der Waals surface area contributed by atoms with Crippen LogP contribution in [0.25, 0.3) is 0 Å². The van der Waals surface area contributed by atoms with E-state index in [4.69, 9.17) is 0 Å². The molecule has 0 fully saturated rings. The van der Waals surface area contributed by atoms with Gasteiger partial charge >= 0.3 is 12.7 Å². The van der Waals surface area contributed by atoms with Crippen LogP contribution in [0.2, 0.25) is 0 Å². The van der Waals surface area contributed by atoms with Crippen molar-refractivity contribution >= 4 is 0 Å². The highest BCUT2D eigenvalue weighted by Gasteiger charge is 2.34. The fraction of sp³-hybridized carbons (Fsp3) is 0.333. The molecule has 8 heteroatoms. The number of ether oxygens (including phenoxy) is 2. The van der Waals surface area contributed by atoms with Gasteiger partial charge in [-0.1, -0.05) is 13.0 Å². The van der Waals surface area contributed by atoms with Crippen molar-refractivity contribution in [3.63, 3.8) is 0 Å². The minimum Gasteiger partial charge on any atom is -0.406 e. The molecule has 0 saturated heterocycles. The average Bonchev–Trinajstić information content (AvgIpc) is 2.22. The predicted octanol–water partition coefficient (Wildman–Crippen LogP) is 4.77. The van der Waals surface area contributed by atoms with Gasteiger partial charge in [0, 0.05) is 6.07 Å². The minimum atomic E-state index is -5.01. The van der Waals surface area contributed by atoms with Crippen LogP contribution in [0.15, 0.2) is 30.9 Å². The van der Waals surface area contributed by atoms with Gasteiger partial charge in [-0.3, -0.25) is 0 Å². The van der Waals surface area contributed by atoms with Gasteiger partial charge in [-0.25, -0.2) is 0 Å². The minimum absolute atomic E-state index is 0.154. The van der Waals surface area contributed by atoms with Gasteiger partial charge in [-0.2, -0.15) is 0 Å². The fourth-order valence-electron chi connectivity index (χ4n) is 1.38. The predicted molar refractivity (Wildman–Crippen MR) is 58.4 cm³/mol. The SMILES string of the molecule is C=CC(C)c1cc(OC(F)(F)F)cc(OC(F)(F)F)c1. The summed E-state index contributed by atoms with van der Waals surface area (Å²) >= 11 is 0. The van der Waals surface area contributed by atoms with Crippen molar-refractivity contribution in [2.75, 3.05) is 0 Å². The molecule has 1 aromatic rings. The van der Waals surface area contributed by atoms with Crippen molar-refractivity contribution in [1.29, 1.82) is 0 Å². The van der Waals surface area contributed by atoms with E-state index >= 15 is 0 Å². The fourth-order valence-corrected chi connectivity index (χ4v) is 1.38. The first-order valence-corrected chi connectivity index (χ1v) is 5.29. The number of alkyl halides is 6. The Bertz CT molecular complexity index is 444. The molecule has 1 unspecified atom stereocenters. The van der Waals surface area contributed by atoms with E-state index in [0.717, 1.165) is 12.1 Å². The lowest BCUT2D eigenvalue weighted by Gasteiger charge is -2.16. The Hall–Kier alpha value is -1.86. The zero-order valence-electron chi connectivity index (χ0n) is 10.2. The maximum atomic E-state index is 12.1. The van der Waals surface area contributed by atoms with Gasteiger partial charge < -0.3 is 9.47 Å². The second-order valence-corrected chi connectivity index (χ2v) is 3.86. The van der Waals surface area contributed by atoms with Crippen LogP contribution in [0.3, 0.4) is 0 Å². The van der Waals surface area contributed by atoms with Crippen LogP contribution < -0.4 is 9.47 Å². The molecular weight excluding hydrogens is 290 g/mol. The molecule has 0 spiro atoms. The Morgan fingerprint density at radius 3 is 1.65 bits per heavy atom. The molecule has 0 aliphatic carbocycles. The second kappa shape index (κ2) is 5.64. The monoisotopic (exact) mass is 300 g/mol. The molecule has 0 amide bonds. The van der Waals surface area contributed by atoms with E-state index in [0.29, 0.717) is 6.07 Å². The number of hydrogen-bond donors (Lipinski definition) is 0. The number of benzene rings is 1. The standard InChI is InChI=1S/C12H10F6O2/c1-3-7(2)8-4-9(19-11(13,14)15)6-10(5-8)20-12(16,17)18/h3-7H,1H2,2H3. The molecule has 0 heterocycles. The Labute approximate surface area is 110 Å². The van der Waals surface area contributed by atoms with Crippen LogP contribution in [-0.2, 0) is 0 Å². The molecule has 20 heavy (non-hydrogen) atoms. The van der Waals surface area contributed by atoms with Crippen molar-refractivity contribution in [1.82, 2.24) is 0 Å². The summed E-state index contributed by atoms with van der Waals surface area (Å²) in [4.78, 5) is 0. The summed E-state index contributed by atoms with van der Waals surface area (Å²) in [5, 5.41) is 0. The van der Waals surface area contributed by atoms with Crippen LogP contribution >= 0.6 is 0 Å². The summed E-state index contributed by atoms with van der Waals surface area (Å²) in [5.74, 6) is -2.05. The molecule has 1 atom stereocenters. The molecular formula is C12H10F6O2. The first-order valence-electron chi connectivity index (χ1n) is 5.29. The van der Waals surface area contributed by atoms with Gasteiger partial charge in [0.05, 0.1) is 0 Å². The average molecular weight is 300 g/mol. The van der Waals surface area contributed by atoms with Gasteiger partial charge in [0.2, 0.25) is 0 Å². The highest BCUT2D eigenvalue weighted by Crippen LogP contribution is 2.33. The lowest BCUT2D eigenvalue weighted by molar-refractivity contribution is -0.276. The number of allylic oxidation sites excluding steroid dienone is 1. The van der Waals surface area contributed by atoms with Crippen LogP contribution in [0.5, 0.6) is 11.5 Å². The van der Waals surface area contributed by atoms with Gasteiger partial charge in [0.25, 0.3) is 0 Å². The van der Waals surface area contributed by atoms with Gasteiger partial charge in [0.1, 0.15) is 11.5 Å². The molecule has 0 bridgehead atoms. The maximum Gasteiger partial charge on any atom is 0.573 e. The third-order valence-electron chi connectivity index (χ3n) is 2.25. The first-order chi connectivity index (χ1) is 9.00. The van der Waals surface area contributed by atoms with Crippen molar-refractivity contribution in [2.24, 2.45) is 0 Å².